The maximum absolute atomic E-state index is 10.5. The zero-order valence-corrected chi connectivity index (χ0v) is 12.1. The van der Waals surface area contributed by atoms with Crippen molar-refractivity contribution in [3.8, 4) is 11.1 Å². The van der Waals surface area contributed by atoms with Crippen LogP contribution in [0.4, 0.5) is 0 Å². The van der Waals surface area contributed by atoms with Crippen LogP contribution in [-0.2, 0) is 4.79 Å². The van der Waals surface area contributed by atoms with Gasteiger partial charge in [0, 0.05) is 6.42 Å². The molecule has 0 heterocycles. The zero-order valence-electron chi connectivity index (χ0n) is 12.1. The Balaban J connectivity index is 1.93. The van der Waals surface area contributed by atoms with Gasteiger partial charge in [0.15, 0.2) is 0 Å². The van der Waals surface area contributed by atoms with Gasteiger partial charge in [-0.3, -0.25) is 4.79 Å². The van der Waals surface area contributed by atoms with E-state index < -0.39 is 5.97 Å². The van der Waals surface area contributed by atoms with Crippen molar-refractivity contribution >= 4 is 11.5 Å². The van der Waals surface area contributed by atoms with Crippen LogP contribution in [0.1, 0.15) is 31.2 Å². The number of hydrogen-bond acceptors (Lipinski definition) is 1. The fourth-order valence-corrected chi connectivity index (χ4v) is 2.29. The summed E-state index contributed by atoms with van der Waals surface area (Å²) in [6, 6.07) is 18.6. The highest BCUT2D eigenvalue weighted by Gasteiger charge is 2.02. The Bertz CT molecular complexity index is 597. The average Bonchev–Trinajstić information content (AvgIpc) is 2.52. The van der Waals surface area contributed by atoms with Gasteiger partial charge in [0.25, 0.3) is 0 Å². The molecular formula is C19H20O2. The number of allylic oxidation sites excluding steroid dienone is 1. The van der Waals surface area contributed by atoms with Crippen LogP contribution in [0.5, 0.6) is 0 Å². The van der Waals surface area contributed by atoms with Crippen LogP contribution in [0, 0.1) is 0 Å². The summed E-state index contributed by atoms with van der Waals surface area (Å²) in [5.74, 6) is -0.729. The van der Waals surface area contributed by atoms with Crippen LogP contribution >= 0.6 is 0 Å². The summed E-state index contributed by atoms with van der Waals surface area (Å²) in [7, 11) is 0. The predicted molar refractivity (Wildman–Crippen MR) is 87.0 cm³/mol. The third kappa shape index (κ3) is 4.60. The van der Waals surface area contributed by atoms with Crippen LogP contribution in [-0.4, -0.2) is 11.1 Å². The first-order chi connectivity index (χ1) is 10.2. The number of rotatable bonds is 7. The summed E-state index contributed by atoms with van der Waals surface area (Å²) >= 11 is 0. The minimum absolute atomic E-state index is 0.236. The normalized spacial score (nSPS) is 10.3. The number of carboxylic acids is 1. The van der Waals surface area contributed by atoms with Gasteiger partial charge in [0.2, 0.25) is 0 Å². The fourth-order valence-electron chi connectivity index (χ4n) is 2.29. The number of carboxylic acid groups (broad SMARTS) is 1. The summed E-state index contributed by atoms with van der Waals surface area (Å²) in [6.07, 6.45) is 2.65. The molecule has 0 bridgehead atoms. The molecule has 21 heavy (non-hydrogen) atoms. The Morgan fingerprint density at radius 1 is 0.857 bits per heavy atom. The molecule has 0 aliphatic rings. The van der Waals surface area contributed by atoms with E-state index in [-0.39, 0.29) is 6.42 Å². The highest BCUT2D eigenvalue weighted by molar-refractivity contribution is 5.69. The van der Waals surface area contributed by atoms with Crippen LogP contribution < -0.4 is 0 Å². The lowest BCUT2D eigenvalue weighted by molar-refractivity contribution is -0.137. The number of hydrogen-bond donors (Lipinski definition) is 1. The Morgan fingerprint density at radius 2 is 1.43 bits per heavy atom. The van der Waals surface area contributed by atoms with E-state index in [0.717, 1.165) is 24.0 Å². The predicted octanol–water partition coefficient (Wildman–Crippen LogP) is 5.01. The van der Waals surface area contributed by atoms with Gasteiger partial charge in [-0.25, -0.2) is 0 Å². The van der Waals surface area contributed by atoms with Crippen LogP contribution in [0.25, 0.3) is 16.7 Å². The molecule has 0 amide bonds. The first-order valence-electron chi connectivity index (χ1n) is 7.22. The van der Waals surface area contributed by atoms with Crippen molar-refractivity contribution in [3.63, 3.8) is 0 Å². The maximum atomic E-state index is 10.5. The van der Waals surface area contributed by atoms with Crippen molar-refractivity contribution in [3.05, 3.63) is 66.7 Å². The van der Waals surface area contributed by atoms with Crippen molar-refractivity contribution in [2.75, 3.05) is 0 Å². The first kappa shape index (κ1) is 15.0. The van der Waals surface area contributed by atoms with E-state index in [1.807, 2.05) is 18.2 Å². The fraction of sp³-hybridized carbons (Fsp3) is 0.211. The van der Waals surface area contributed by atoms with Gasteiger partial charge >= 0.3 is 5.97 Å². The molecule has 0 aliphatic heterocycles. The molecular weight excluding hydrogens is 260 g/mol. The van der Waals surface area contributed by atoms with Gasteiger partial charge in [-0.05, 0) is 41.5 Å². The van der Waals surface area contributed by atoms with Crippen molar-refractivity contribution < 1.29 is 9.90 Å². The standard InChI is InChI=1S/C19H20O2/c1-15(7-5-6-10-19(20)21)16-11-13-18(14-12-16)17-8-3-2-4-9-17/h2-4,8-9,11-14H,1,5-7,10H2,(H,20,21). The molecule has 2 nitrogen and oxygen atoms in total. The third-order valence-electron chi connectivity index (χ3n) is 3.52. The third-order valence-corrected chi connectivity index (χ3v) is 3.52. The molecule has 0 saturated heterocycles. The van der Waals surface area contributed by atoms with E-state index in [1.54, 1.807) is 0 Å². The highest BCUT2D eigenvalue weighted by atomic mass is 16.4. The monoisotopic (exact) mass is 280 g/mol. The molecule has 0 spiro atoms. The first-order valence-corrected chi connectivity index (χ1v) is 7.22. The largest absolute Gasteiger partial charge is 0.481 e. The maximum Gasteiger partial charge on any atom is 0.303 e. The summed E-state index contributed by atoms with van der Waals surface area (Å²) < 4.78 is 0. The Morgan fingerprint density at radius 3 is 2.05 bits per heavy atom. The average molecular weight is 280 g/mol. The van der Waals surface area contributed by atoms with E-state index in [0.29, 0.717) is 6.42 Å². The van der Waals surface area contributed by atoms with E-state index >= 15 is 0 Å². The Labute approximate surface area is 125 Å². The molecule has 0 fully saturated rings. The van der Waals surface area contributed by atoms with Crippen molar-refractivity contribution in [1.82, 2.24) is 0 Å². The van der Waals surface area contributed by atoms with E-state index in [9.17, 15) is 4.79 Å². The molecule has 2 rings (SSSR count). The lowest BCUT2D eigenvalue weighted by Crippen LogP contribution is -1.94. The molecule has 2 aromatic carbocycles. The number of benzene rings is 2. The molecule has 0 aromatic heterocycles. The van der Waals surface area contributed by atoms with Crippen LogP contribution in [0.3, 0.4) is 0 Å². The quantitative estimate of drug-likeness (QED) is 0.724. The summed E-state index contributed by atoms with van der Waals surface area (Å²) in [5, 5.41) is 8.61. The molecule has 0 aliphatic carbocycles. The van der Waals surface area contributed by atoms with Gasteiger partial charge in [0.1, 0.15) is 0 Å². The van der Waals surface area contributed by atoms with Crippen molar-refractivity contribution in [2.45, 2.75) is 25.7 Å². The van der Waals surface area contributed by atoms with Crippen molar-refractivity contribution in [2.24, 2.45) is 0 Å². The number of unbranched alkanes of at least 4 members (excludes halogenated alkanes) is 1. The van der Waals surface area contributed by atoms with E-state index in [1.165, 1.54) is 11.1 Å². The smallest absolute Gasteiger partial charge is 0.303 e. The second-order valence-corrected chi connectivity index (χ2v) is 5.15. The summed E-state index contributed by atoms with van der Waals surface area (Å²) in [6.45, 7) is 4.10. The SMILES string of the molecule is C=C(CCCCC(=O)O)c1ccc(-c2ccccc2)cc1. The van der Waals surface area contributed by atoms with Gasteiger partial charge in [0.05, 0.1) is 0 Å². The second-order valence-electron chi connectivity index (χ2n) is 5.15. The summed E-state index contributed by atoms with van der Waals surface area (Å²) in [4.78, 5) is 10.5. The molecule has 0 saturated carbocycles. The topological polar surface area (TPSA) is 37.3 Å². The van der Waals surface area contributed by atoms with Gasteiger partial charge in [-0.1, -0.05) is 61.2 Å². The molecule has 2 aromatic rings. The Kier molecular flexibility index (Phi) is 5.33. The van der Waals surface area contributed by atoms with E-state index in [2.05, 4.69) is 43.0 Å². The molecule has 0 radical (unpaired) electrons. The summed E-state index contributed by atoms with van der Waals surface area (Å²) in [5.41, 5.74) is 4.60. The lowest BCUT2D eigenvalue weighted by Gasteiger charge is -2.07. The zero-order chi connectivity index (χ0) is 15.1. The van der Waals surface area contributed by atoms with Crippen LogP contribution in [0.2, 0.25) is 0 Å². The Hall–Kier alpha value is -2.35. The number of carbonyl (C=O) groups is 1. The molecule has 108 valence electrons. The highest BCUT2D eigenvalue weighted by Crippen LogP contribution is 2.24. The molecule has 0 atom stereocenters. The van der Waals surface area contributed by atoms with Gasteiger partial charge in [-0.15, -0.1) is 0 Å². The number of aliphatic carboxylic acids is 1. The molecule has 1 N–H and O–H groups in total. The lowest BCUT2D eigenvalue weighted by atomic mass is 9.98. The minimum atomic E-state index is -0.729. The minimum Gasteiger partial charge on any atom is -0.481 e. The molecule has 2 heteroatoms. The second kappa shape index (κ2) is 7.44. The van der Waals surface area contributed by atoms with E-state index in [4.69, 9.17) is 5.11 Å². The van der Waals surface area contributed by atoms with Gasteiger partial charge < -0.3 is 5.11 Å². The van der Waals surface area contributed by atoms with Gasteiger partial charge in [-0.2, -0.15) is 0 Å². The van der Waals surface area contributed by atoms with Crippen molar-refractivity contribution in [1.29, 1.82) is 0 Å². The molecule has 0 unspecified atom stereocenters. The van der Waals surface area contributed by atoms with Crippen LogP contribution in [0.15, 0.2) is 61.2 Å².